The molecule has 5 rings (SSSR count). The van der Waals surface area contributed by atoms with Gasteiger partial charge in [0.25, 0.3) is 5.91 Å². The first-order chi connectivity index (χ1) is 20.5. The van der Waals surface area contributed by atoms with Gasteiger partial charge in [-0.15, -0.1) is 0 Å². The van der Waals surface area contributed by atoms with Crippen LogP contribution in [0.3, 0.4) is 0 Å². The second-order valence-electron chi connectivity index (χ2n) is 9.15. The molecular formula is C32H41N7O3. The van der Waals surface area contributed by atoms with Crippen molar-refractivity contribution in [1.82, 2.24) is 30.0 Å². The van der Waals surface area contributed by atoms with Crippen LogP contribution in [0.1, 0.15) is 62.5 Å². The van der Waals surface area contributed by atoms with E-state index in [0.717, 1.165) is 24.0 Å². The van der Waals surface area contributed by atoms with Crippen LogP contribution in [0.5, 0.6) is 5.75 Å². The van der Waals surface area contributed by atoms with Gasteiger partial charge < -0.3 is 20.7 Å². The molecule has 2 amide bonds. The van der Waals surface area contributed by atoms with Crippen LogP contribution in [0, 0.1) is 0 Å². The van der Waals surface area contributed by atoms with Gasteiger partial charge >= 0.3 is 0 Å². The number of ether oxygens (including phenoxy) is 1. The number of fused-ring (bicyclic) bond motifs is 1. The maximum Gasteiger partial charge on any atom is 0.251 e. The second kappa shape index (κ2) is 15.3. The molecular weight excluding hydrogens is 530 g/mol. The molecule has 0 aliphatic carbocycles. The van der Waals surface area contributed by atoms with Crippen LogP contribution in [0.25, 0.3) is 22.3 Å². The Morgan fingerprint density at radius 2 is 1.86 bits per heavy atom. The Morgan fingerprint density at radius 3 is 2.55 bits per heavy atom. The lowest BCUT2D eigenvalue weighted by Crippen LogP contribution is -2.40. The van der Waals surface area contributed by atoms with Crippen molar-refractivity contribution in [3.8, 4) is 17.0 Å². The number of nitrogens with zero attached hydrogens (tertiary/aromatic N) is 5. The number of likely N-dealkylation sites (tertiary alicyclic amines) is 1. The molecule has 1 aliphatic heterocycles. The molecule has 1 aliphatic rings. The molecule has 3 heterocycles. The van der Waals surface area contributed by atoms with Crippen LogP contribution in [0.15, 0.2) is 67.5 Å². The Hall–Kier alpha value is -4.73. The number of rotatable bonds is 7. The molecule has 0 saturated carbocycles. The molecule has 1 fully saturated rings. The predicted octanol–water partition coefficient (Wildman–Crippen LogP) is 5.42. The molecule has 1 saturated heterocycles. The summed E-state index contributed by atoms with van der Waals surface area (Å²) < 4.78 is 7.06. The zero-order valence-electron chi connectivity index (χ0n) is 25.1. The zero-order chi connectivity index (χ0) is 30.6. The number of nitrogen functional groups attached to an aromatic ring is 1. The quantitative estimate of drug-likeness (QED) is 0.284. The van der Waals surface area contributed by atoms with Crippen LogP contribution in [-0.4, -0.2) is 56.7 Å². The van der Waals surface area contributed by atoms with Gasteiger partial charge in [-0.2, -0.15) is 5.10 Å². The van der Waals surface area contributed by atoms with Crippen LogP contribution in [0.4, 0.5) is 5.82 Å². The molecule has 2 aromatic carbocycles. The summed E-state index contributed by atoms with van der Waals surface area (Å²) in [4.78, 5) is 35.3. The molecule has 1 atom stereocenters. The SMILES string of the molecule is C=CC(=O)N1CCCC(n2nc(-c3ccc(CNC(=O)c4cccc(OC)c4)cc3)c3c(N)ncnc32)C1.CC.CC. The first-order valence-corrected chi connectivity index (χ1v) is 14.4. The number of piperidine rings is 1. The van der Waals surface area contributed by atoms with Crippen molar-refractivity contribution >= 4 is 28.7 Å². The molecule has 222 valence electrons. The average molecular weight is 572 g/mol. The van der Waals surface area contributed by atoms with E-state index in [1.54, 1.807) is 36.3 Å². The van der Waals surface area contributed by atoms with Crippen molar-refractivity contribution in [1.29, 1.82) is 0 Å². The summed E-state index contributed by atoms with van der Waals surface area (Å²) in [5.41, 5.74) is 9.92. The highest BCUT2D eigenvalue weighted by Gasteiger charge is 2.28. The van der Waals surface area contributed by atoms with E-state index in [-0.39, 0.29) is 17.9 Å². The number of nitrogens with two attached hydrogens (primary N) is 1. The molecule has 2 aromatic heterocycles. The number of anilines is 1. The van der Waals surface area contributed by atoms with E-state index in [1.807, 2.05) is 56.6 Å². The van der Waals surface area contributed by atoms with Crippen molar-refractivity contribution in [3.63, 3.8) is 0 Å². The second-order valence-corrected chi connectivity index (χ2v) is 9.15. The van der Waals surface area contributed by atoms with Crippen molar-refractivity contribution in [2.24, 2.45) is 0 Å². The Morgan fingerprint density at radius 1 is 1.12 bits per heavy atom. The summed E-state index contributed by atoms with van der Waals surface area (Å²) in [6, 6.07) is 14.8. The fraction of sp³-hybridized carbons (Fsp3) is 0.344. The minimum atomic E-state index is -0.181. The number of methoxy groups -OCH3 is 1. The molecule has 0 bridgehead atoms. The van der Waals surface area contributed by atoms with E-state index in [4.69, 9.17) is 15.6 Å². The Balaban J connectivity index is 0.00000116. The monoisotopic (exact) mass is 571 g/mol. The Labute approximate surface area is 247 Å². The van der Waals surface area contributed by atoms with Crippen molar-refractivity contribution in [2.75, 3.05) is 25.9 Å². The molecule has 42 heavy (non-hydrogen) atoms. The van der Waals surface area contributed by atoms with Crippen LogP contribution < -0.4 is 15.8 Å². The van der Waals surface area contributed by atoms with Gasteiger partial charge in [0, 0.05) is 30.8 Å². The molecule has 3 N–H and O–H groups in total. The maximum atomic E-state index is 12.6. The number of benzene rings is 2. The third-order valence-corrected chi connectivity index (χ3v) is 6.76. The number of hydrogen-bond donors (Lipinski definition) is 2. The lowest BCUT2D eigenvalue weighted by Gasteiger charge is -2.32. The fourth-order valence-corrected chi connectivity index (χ4v) is 4.76. The van der Waals surface area contributed by atoms with Crippen LogP contribution >= 0.6 is 0 Å². The van der Waals surface area contributed by atoms with E-state index >= 15 is 0 Å². The van der Waals surface area contributed by atoms with Crippen molar-refractivity contribution < 1.29 is 14.3 Å². The third kappa shape index (κ3) is 7.12. The van der Waals surface area contributed by atoms with Gasteiger partial charge in [-0.1, -0.05) is 64.6 Å². The van der Waals surface area contributed by atoms with E-state index in [2.05, 4.69) is 21.9 Å². The van der Waals surface area contributed by atoms with E-state index in [1.165, 1.54) is 12.4 Å². The normalized spacial score (nSPS) is 14.1. The van der Waals surface area contributed by atoms with Crippen molar-refractivity contribution in [3.05, 3.63) is 78.6 Å². The molecule has 10 nitrogen and oxygen atoms in total. The van der Waals surface area contributed by atoms with Gasteiger partial charge in [0.1, 0.15) is 23.6 Å². The van der Waals surface area contributed by atoms with Crippen LogP contribution in [-0.2, 0) is 11.3 Å². The first-order valence-electron chi connectivity index (χ1n) is 14.4. The largest absolute Gasteiger partial charge is 0.497 e. The molecule has 0 spiro atoms. The van der Waals surface area contributed by atoms with Gasteiger partial charge in [0.2, 0.25) is 5.91 Å². The predicted molar refractivity (Wildman–Crippen MR) is 167 cm³/mol. The number of amides is 2. The van der Waals surface area contributed by atoms with Gasteiger partial charge in [-0.25, -0.2) is 14.6 Å². The minimum Gasteiger partial charge on any atom is -0.497 e. The third-order valence-electron chi connectivity index (χ3n) is 6.76. The fourth-order valence-electron chi connectivity index (χ4n) is 4.76. The summed E-state index contributed by atoms with van der Waals surface area (Å²) in [6.07, 6.45) is 4.50. The first kappa shape index (κ1) is 31.8. The summed E-state index contributed by atoms with van der Waals surface area (Å²) in [5, 5.41) is 8.53. The maximum absolute atomic E-state index is 12.6. The summed E-state index contributed by atoms with van der Waals surface area (Å²) in [6.45, 7) is 13.2. The number of carbonyl (C=O) groups excluding carboxylic acids is 2. The van der Waals surface area contributed by atoms with E-state index < -0.39 is 0 Å². The van der Waals surface area contributed by atoms with Crippen molar-refractivity contribution in [2.45, 2.75) is 53.1 Å². The minimum absolute atomic E-state index is 0.0377. The standard InChI is InChI=1S/C28H29N7O3.2C2H6/c1-3-23(36)34-13-5-7-21(16-34)35-27-24(26(29)31-17-32-27)25(33-35)19-11-9-18(10-12-19)15-30-28(37)20-6-4-8-22(14-20)38-2;2*1-2/h3-4,6,8-12,14,17,21H,1,5,7,13,15-16H2,2H3,(H,30,37)(H2,29,31,32);2*1-2H3. The Bertz CT molecular complexity index is 1500. The molecule has 10 heteroatoms. The van der Waals surface area contributed by atoms with Gasteiger partial charge in [0.05, 0.1) is 18.5 Å². The van der Waals surface area contributed by atoms with Crippen LogP contribution in [0.2, 0.25) is 0 Å². The lowest BCUT2D eigenvalue weighted by molar-refractivity contribution is -0.127. The van der Waals surface area contributed by atoms with E-state index in [9.17, 15) is 9.59 Å². The smallest absolute Gasteiger partial charge is 0.251 e. The number of hydrogen-bond acceptors (Lipinski definition) is 7. The van der Waals surface area contributed by atoms with E-state index in [0.29, 0.717) is 53.5 Å². The molecule has 1 unspecified atom stereocenters. The summed E-state index contributed by atoms with van der Waals surface area (Å²) >= 11 is 0. The Kier molecular flexibility index (Phi) is 11.6. The lowest BCUT2D eigenvalue weighted by atomic mass is 10.1. The van der Waals surface area contributed by atoms with Gasteiger partial charge in [-0.05, 0) is 42.7 Å². The number of nitrogens with one attached hydrogen (secondary N) is 1. The summed E-state index contributed by atoms with van der Waals surface area (Å²) in [7, 11) is 1.57. The molecule has 4 aromatic rings. The average Bonchev–Trinajstić information content (AvgIpc) is 3.46. The zero-order valence-corrected chi connectivity index (χ0v) is 25.1. The molecule has 0 radical (unpaired) electrons. The highest BCUT2D eigenvalue weighted by atomic mass is 16.5. The highest BCUT2D eigenvalue weighted by molar-refractivity contribution is 5.98. The number of aromatic nitrogens is 4. The topological polar surface area (TPSA) is 128 Å². The highest BCUT2D eigenvalue weighted by Crippen LogP contribution is 2.33. The van der Waals surface area contributed by atoms with Gasteiger partial charge in [0.15, 0.2) is 5.65 Å². The van der Waals surface area contributed by atoms with Gasteiger partial charge in [-0.3, -0.25) is 9.59 Å². The summed E-state index contributed by atoms with van der Waals surface area (Å²) in [5.74, 6) is 0.708. The number of carbonyl (C=O) groups is 2.